The van der Waals surface area contributed by atoms with Crippen LogP contribution < -0.4 is 4.74 Å². The Labute approximate surface area is 164 Å². The van der Waals surface area contributed by atoms with Gasteiger partial charge in [0.1, 0.15) is 0 Å². The molecule has 0 spiro atoms. The predicted octanol–water partition coefficient (Wildman–Crippen LogP) is 3.05. The summed E-state index contributed by atoms with van der Waals surface area (Å²) in [5.41, 5.74) is 1.99. The second-order valence-electron chi connectivity index (χ2n) is 7.01. The van der Waals surface area contributed by atoms with Crippen LogP contribution in [-0.4, -0.2) is 61.7 Å². The topological polar surface area (TPSA) is 42.0 Å². The zero-order chi connectivity index (χ0) is 18.5. The van der Waals surface area contributed by atoms with Gasteiger partial charge in [-0.3, -0.25) is 9.69 Å². The molecular formula is C21H26N2O3S. The maximum absolute atomic E-state index is 12.7. The molecule has 0 aliphatic carbocycles. The summed E-state index contributed by atoms with van der Waals surface area (Å²) in [6.45, 7) is 7.00. The summed E-state index contributed by atoms with van der Waals surface area (Å²) in [7, 11) is 0. The van der Waals surface area contributed by atoms with E-state index < -0.39 is 0 Å². The van der Waals surface area contributed by atoms with Crippen molar-refractivity contribution in [2.24, 2.45) is 0 Å². The molecule has 1 fully saturated rings. The first-order valence-electron chi connectivity index (χ1n) is 9.68. The molecule has 2 aliphatic heterocycles. The van der Waals surface area contributed by atoms with Gasteiger partial charge in [0.25, 0.3) is 5.91 Å². The average Bonchev–Trinajstić information content (AvgIpc) is 3.14. The Morgan fingerprint density at radius 3 is 2.78 bits per heavy atom. The molecule has 0 radical (unpaired) electrons. The molecule has 0 unspecified atom stereocenters. The molecule has 3 heterocycles. The number of carbonyl (C=O) groups is 1. The van der Waals surface area contributed by atoms with E-state index >= 15 is 0 Å². The van der Waals surface area contributed by atoms with Gasteiger partial charge in [0.15, 0.2) is 5.06 Å². The van der Waals surface area contributed by atoms with Gasteiger partial charge in [0.05, 0.1) is 19.8 Å². The van der Waals surface area contributed by atoms with Crippen molar-refractivity contribution >= 4 is 17.2 Å². The van der Waals surface area contributed by atoms with Gasteiger partial charge in [-0.15, -0.1) is 11.3 Å². The molecule has 1 aromatic carbocycles. The minimum absolute atomic E-state index is 0.112. The van der Waals surface area contributed by atoms with E-state index in [1.165, 1.54) is 10.4 Å². The molecule has 0 N–H and O–H groups in total. The Kier molecular flexibility index (Phi) is 6.07. The SMILES string of the molecule is O=C(c1ccccc1)N1CCc2sc(OCCCN3CCOCC3)cc2C1. The number of hydrogen-bond donors (Lipinski definition) is 0. The van der Waals surface area contributed by atoms with Crippen LogP contribution in [0.1, 0.15) is 27.2 Å². The molecule has 2 aliphatic rings. The van der Waals surface area contributed by atoms with Gasteiger partial charge in [0.2, 0.25) is 0 Å². The first kappa shape index (κ1) is 18.5. The van der Waals surface area contributed by atoms with Crippen LogP contribution in [0.15, 0.2) is 36.4 Å². The van der Waals surface area contributed by atoms with E-state index in [0.29, 0.717) is 6.54 Å². The molecule has 6 heteroatoms. The summed E-state index contributed by atoms with van der Waals surface area (Å²) in [5, 5.41) is 0.982. The van der Waals surface area contributed by atoms with E-state index in [9.17, 15) is 4.79 Å². The monoisotopic (exact) mass is 386 g/mol. The highest BCUT2D eigenvalue weighted by Gasteiger charge is 2.24. The third-order valence-corrected chi connectivity index (χ3v) is 6.27. The average molecular weight is 387 g/mol. The largest absolute Gasteiger partial charge is 0.484 e. The Hall–Kier alpha value is -1.89. The van der Waals surface area contributed by atoms with Crippen molar-refractivity contribution in [2.45, 2.75) is 19.4 Å². The molecule has 27 heavy (non-hydrogen) atoms. The fraction of sp³-hybridized carbons (Fsp3) is 0.476. The molecule has 0 bridgehead atoms. The van der Waals surface area contributed by atoms with E-state index in [4.69, 9.17) is 9.47 Å². The number of morpholine rings is 1. The minimum atomic E-state index is 0.112. The van der Waals surface area contributed by atoms with Crippen LogP contribution in [0, 0.1) is 0 Å². The highest BCUT2D eigenvalue weighted by atomic mass is 32.1. The van der Waals surface area contributed by atoms with Crippen LogP contribution in [0.25, 0.3) is 0 Å². The maximum Gasteiger partial charge on any atom is 0.254 e. The number of benzene rings is 1. The van der Waals surface area contributed by atoms with Gasteiger partial charge in [-0.2, -0.15) is 0 Å². The quantitative estimate of drug-likeness (QED) is 0.716. The third-order valence-electron chi connectivity index (χ3n) is 5.12. The molecule has 4 rings (SSSR count). The van der Waals surface area contributed by atoms with Crippen LogP contribution >= 0.6 is 11.3 Å². The predicted molar refractivity (Wildman–Crippen MR) is 107 cm³/mol. The highest BCUT2D eigenvalue weighted by Crippen LogP contribution is 2.33. The summed E-state index contributed by atoms with van der Waals surface area (Å²) in [6.07, 6.45) is 1.94. The van der Waals surface area contributed by atoms with Crippen molar-refractivity contribution in [3.05, 3.63) is 52.4 Å². The molecule has 1 saturated heterocycles. The summed E-state index contributed by atoms with van der Waals surface area (Å²) in [4.78, 5) is 18.4. The van der Waals surface area contributed by atoms with Gasteiger partial charge in [0, 0.05) is 43.2 Å². The van der Waals surface area contributed by atoms with Crippen LogP contribution in [0.4, 0.5) is 0 Å². The van der Waals surface area contributed by atoms with Gasteiger partial charge in [-0.25, -0.2) is 0 Å². The van der Waals surface area contributed by atoms with Crippen molar-refractivity contribution in [1.82, 2.24) is 9.80 Å². The van der Waals surface area contributed by atoms with Crippen molar-refractivity contribution in [1.29, 1.82) is 0 Å². The smallest absolute Gasteiger partial charge is 0.254 e. The Morgan fingerprint density at radius 1 is 1.15 bits per heavy atom. The number of amides is 1. The second-order valence-corrected chi connectivity index (χ2v) is 8.11. The van der Waals surface area contributed by atoms with Crippen molar-refractivity contribution in [3.8, 4) is 5.06 Å². The first-order chi connectivity index (χ1) is 13.3. The van der Waals surface area contributed by atoms with E-state index in [2.05, 4.69) is 11.0 Å². The summed E-state index contributed by atoms with van der Waals surface area (Å²) in [6, 6.07) is 11.7. The standard InChI is InChI=1S/C21H26N2O3S/c24-21(17-5-2-1-3-6-17)23-9-7-19-18(16-23)15-20(27-19)26-12-4-8-22-10-13-25-14-11-22/h1-3,5-6,15H,4,7-14,16H2. The highest BCUT2D eigenvalue weighted by molar-refractivity contribution is 7.14. The minimum Gasteiger partial charge on any atom is -0.484 e. The molecule has 144 valence electrons. The van der Waals surface area contributed by atoms with Crippen molar-refractivity contribution < 1.29 is 14.3 Å². The lowest BCUT2D eigenvalue weighted by molar-refractivity contribution is 0.0358. The molecule has 1 aromatic heterocycles. The Morgan fingerprint density at radius 2 is 1.96 bits per heavy atom. The van der Waals surface area contributed by atoms with Crippen LogP contribution in [0.2, 0.25) is 0 Å². The van der Waals surface area contributed by atoms with Gasteiger partial charge < -0.3 is 14.4 Å². The molecular weight excluding hydrogens is 360 g/mol. The van der Waals surface area contributed by atoms with Gasteiger partial charge in [-0.05, 0) is 36.6 Å². The lowest BCUT2D eigenvalue weighted by Crippen LogP contribution is -2.37. The van der Waals surface area contributed by atoms with Crippen molar-refractivity contribution in [2.75, 3.05) is 46.0 Å². The Bertz CT molecular complexity index is 756. The molecule has 0 atom stereocenters. The summed E-state index contributed by atoms with van der Waals surface area (Å²) < 4.78 is 11.4. The number of carbonyl (C=O) groups excluding carboxylic acids is 1. The second kappa shape index (κ2) is 8.87. The number of hydrogen-bond acceptors (Lipinski definition) is 5. The number of ether oxygens (including phenoxy) is 2. The summed E-state index contributed by atoms with van der Waals surface area (Å²) in [5.74, 6) is 0.112. The van der Waals surface area contributed by atoms with Gasteiger partial charge >= 0.3 is 0 Å². The molecule has 5 nitrogen and oxygen atoms in total. The summed E-state index contributed by atoms with van der Waals surface area (Å²) >= 11 is 1.74. The number of thiophene rings is 1. The lowest BCUT2D eigenvalue weighted by Gasteiger charge is -2.26. The molecule has 1 amide bonds. The normalized spacial score (nSPS) is 17.6. The fourth-order valence-electron chi connectivity index (χ4n) is 3.60. The van der Waals surface area contributed by atoms with Crippen LogP contribution in [0.5, 0.6) is 5.06 Å². The van der Waals surface area contributed by atoms with E-state index in [0.717, 1.165) is 69.5 Å². The van der Waals surface area contributed by atoms with E-state index in [1.807, 2.05) is 35.2 Å². The van der Waals surface area contributed by atoms with Crippen molar-refractivity contribution in [3.63, 3.8) is 0 Å². The van der Waals surface area contributed by atoms with Crippen LogP contribution in [-0.2, 0) is 17.7 Å². The first-order valence-corrected chi connectivity index (χ1v) is 10.5. The Balaban J connectivity index is 1.27. The number of rotatable bonds is 6. The lowest BCUT2D eigenvalue weighted by atomic mass is 10.1. The van der Waals surface area contributed by atoms with E-state index in [-0.39, 0.29) is 5.91 Å². The zero-order valence-corrected chi connectivity index (χ0v) is 16.4. The third kappa shape index (κ3) is 4.69. The van der Waals surface area contributed by atoms with Crippen LogP contribution in [0.3, 0.4) is 0 Å². The fourth-order valence-corrected chi connectivity index (χ4v) is 4.63. The number of nitrogens with zero attached hydrogens (tertiary/aromatic N) is 2. The maximum atomic E-state index is 12.7. The zero-order valence-electron chi connectivity index (χ0n) is 15.6. The molecule has 2 aromatic rings. The molecule has 0 saturated carbocycles. The van der Waals surface area contributed by atoms with E-state index in [1.54, 1.807) is 11.3 Å². The number of fused-ring (bicyclic) bond motifs is 1. The van der Waals surface area contributed by atoms with Gasteiger partial charge in [-0.1, -0.05) is 18.2 Å².